The molecule has 3 rings (SSSR count). The molecule has 0 N–H and O–H groups in total. The molecule has 0 radical (unpaired) electrons. The fraction of sp³-hybridized carbons (Fsp3) is 0.214. The van der Waals surface area contributed by atoms with Gasteiger partial charge in [-0.25, -0.2) is 0 Å². The lowest BCUT2D eigenvalue weighted by Crippen LogP contribution is -2.13. The zero-order valence-corrected chi connectivity index (χ0v) is 10.7. The molecule has 86 valence electrons. The van der Waals surface area contributed by atoms with Crippen molar-refractivity contribution >= 4 is 28.7 Å². The van der Waals surface area contributed by atoms with Crippen molar-refractivity contribution in [1.29, 1.82) is 0 Å². The number of carbonyl (C=O) groups excluding carboxylic acids is 1. The van der Waals surface area contributed by atoms with Gasteiger partial charge in [0.05, 0.1) is 9.21 Å². The van der Waals surface area contributed by atoms with Gasteiger partial charge in [0.25, 0.3) is 0 Å². The van der Waals surface area contributed by atoms with Crippen molar-refractivity contribution in [3.63, 3.8) is 0 Å². The zero-order valence-electron chi connectivity index (χ0n) is 9.15. The van der Waals surface area contributed by atoms with Gasteiger partial charge >= 0.3 is 0 Å². The summed E-state index contributed by atoms with van der Waals surface area (Å²) >= 11 is 7.24. The summed E-state index contributed by atoms with van der Waals surface area (Å²) in [4.78, 5) is 13.1. The number of benzene rings is 1. The number of hydrogen-bond acceptors (Lipinski definition) is 2. The van der Waals surface area contributed by atoms with Gasteiger partial charge in [0, 0.05) is 5.92 Å². The number of ketones is 1. The molecule has 1 aromatic heterocycles. The molecule has 1 nitrogen and oxygen atoms in total. The Hall–Kier alpha value is -1.12. The SMILES string of the molecule is O=C(c1ccc(Cl)s1)C1Cc2ccccc2C1. The van der Waals surface area contributed by atoms with E-state index in [1.54, 1.807) is 6.07 Å². The number of rotatable bonds is 2. The van der Waals surface area contributed by atoms with E-state index in [0.29, 0.717) is 4.34 Å². The van der Waals surface area contributed by atoms with Crippen LogP contribution in [0, 0.1) is 5.92 Å². The Morgan fingerprint density at radius 3 is 2.29 bits per heavy atom. The van der Waals surface area contributed by atoms with Crippen LogP contribution in [-0.4, -0.2) is 5.78 Å². The fourth-order valence-electron chi connectivity index (χ4n) is 2.39. The molecule has 3 heteroatoms. The summed E-state index contributed by atoms with van der Waals surface area (Å²) in [5, 5.41) is 0. The van der Waals surface area contributed by atoms with E-state index in [-0.39, 0.29) is 11.7 Å². The Kier molecular flexibility index (Phi) is 2.77. The van der Waals surface area contributed by atoms with E-state index in [0.717, 1.165) is 17.7 Å². The Bertz CT molecular complexity index is 548. The Labute approximate surface area is 109 Å². The Balaban J connectivity index is 1.83. The minimum absolute atomic E-state index is 0.0992. The molecule has 1 heterocycles. The summed E-state index contributed by atoms with van der Waals surface area (Å²) in [5.74, 6) is 0.334. The van der Waals surface area contributed by atoms with Gasteiger partial charge in [-0.3, -0.25) is 4.79 Å². The predicted octanol–water partition coefficient (Wildman–Crippen LogP) is 4.00. The van der Waals surface area contributed by atoms with Crippen molar-refractivity contribution in [3.8, 4) is 0 Å². The summed E-state index contributed by atoms with van der Waals surface area (Å²) in [7, 11) is 0. The van der Waals surface area contributed by atoms with E-state index in [1.165, 1.54) is 22.5 Å². The zero-order chi connectivity index (χ0) is 11.8. The lowest BCUT2D eigenvalue weighted by atomic mass is 10.00. The highest BCUT2D eigenvalue weighted by Gasteiger charge is 2.28. The van der Waals surface area contributed by atoms with Gasteiger partial charge in [-0.05, 0) is 36.1 Å². The Morgan fingerprint density at radius 1 is 1.12 bits per heavy atom. The molecule has 0 amide bonds. The van der Waals surface area contributed by atoms with Crippen LogP contribution in [0.1, 0.15) is 20.8 Å². The van der Waals surface area contributed by atoms with Gasteiger partial charge in [-0.15, -0.1) is 11.3 Å². The highest BCUT2D eigenvalue weighted by molar-refractivity contribution is 7.18. The average molecular weight is 263 g/mol. The third kappa shape index (κ3) is 2.03. The third-order valence-electron chi connectivity index (χ3n) is 3.24. The monoisotopic (exact) mass is 262 g/mol. The van der Waals surface area contributed by atoms with E-state index >= 15 is 0 Å². The van der Waals surface area contributed by atoms with Crippen molar-refractivity contribution in [2.45, 2.75) is 12.8 Å². The van der Waals surface area contributed by atoms with E-state index in [1.807, 2.05) is 18.2 Å². The number of fused-ring (bicyclic) bond motifs is 1. The largest absolute Gasteiger partial charge is 0.293 e. The maximum Gasteiger partial charge on any atom is 0.176 e. The summed E-state index contributed by atoms with van der Waals surface area (Å²) < 4.78 is 0.684. The number of carbonyl (C=O) groups is 1. The third-order valence-corrected chi connectivity index (χ3v) is 4.48. The molecular formula is C14H11ClOS. The molecule has 0 bridgehead atoms. The van der Waals surface area contributed by atoms with Crippen LogP contribution in [0.15, 0.2) is 36.4 Å². The maximum atomic E-state index is 12.3. The van der Waals surface area contributed by atoms with Crippen LogP contribution in [-0.2, 0) is 12.8 Å². The lowest BCUT2D eigenvalue weighted by Gasteiger charge is -2.04. The van der Waals surface area contributed by atoms with Crippen molar-refractivity contribution in [2.75, 3.05) is 0 Å². The molecule has 1 aliphatic carbocycles. The van der Waals surface area contributed by atoms with Crippen LogP contribution in [0.4, 0.5) is 0 Å². The van der Waals surface area contributed by atoms with Gasteiger partial charge in [0.1, 0.15) is 0 Å². The highest BCUT2D eigenvalue weighted by atomic mass is 35.5. The summed E-state index contributed by atoms with van der Waals surface area (Å²) in [6, 6.07) is 11.9. The van der Waals surface area contributed by atoms with Gasteiger partial charge in [-0.1, -0.05) is 35.9 Å². The minimum atomic E-state index is 0.0992. The van der Waals surface area contributed by atoms with Crippen LogP contribution >= 0.6 is 22.9 Å². The van der Waals surface area contributed by atoms with Crippen molar-refractivity contribution in [2.24, 2.45) is 5.92 Å². The first-order valence-corrected chi connectivity index (χ1v) is 6.80. The molecule has 0 unspecified atom stereocenters. The van der Waals surface area contributed by atoms with E-state index < -0.39 is 0 Å². The van der Waals surface area contributed by atoms with E-state index in [9.17, 15) is 4.79 Å². The van der Waals surface area contributed by atoms with Crippen LogP contribution < -0.4 is 0 Å². The molecular weight excluding hydrogens is 252 g/mol. The minimum Gasteiger partial charge on any atom is -0.293 e. The van der Waals surface area contributed by atoms with Crippen LogP contribution in [0.25, 0.3) is 0 Å². The average Bonchev–Trinajstić information content (AvgIpc) is 2.93. The molecule has 0 atom stereocenters. The van der Waals surface area contributed by atoms with Crippen LogP contribution in [0.5, 0.6) is 0 Å². The van der Waals surface area contributed by atoms with Crippen molar-refractivity contribution in [3.05, 3.63) is 56.7 Å². The standard InChI is InChI=1S/C14H11ClOS/c15-13-6-5-12(17-13)14(16)11-7-9-3-1-2-4-10(9)8-11/h1-6,11H,7-8H2. The lowest BCUT2D eigenvalue weighted by molar-refractivity contribution is 0.0929. The second-order valence-electron chi connectivity index (χ2n) is 4.34. The molecule has 0 fully saturated rings. The number of thiophene rings is 1. The van der Waals surface area contributed by atoms with E-state index in [4.69, 9.17) is 11.6 Å². The molecule has 1 aromatic carbocycles. The quantitative estimate of drug-likeness (QED) is 0.748. The Morgan fingerprint density at radius 2 is 1.76 bits per heavy atom. The summed E-state index contributed by atoms with van der Waals surface area (Å²) in [6.07, 6.45) is 1.73. The van der Waals surface area contributed by atoms with Gasteiger partial charge in [0.2, 0.25) is 0 Å². The van der Waals surface area contributed by atoms with Gasteiger partial charge < -0.3 is 0 Å². The maximum absolute atomic E-state index is 12.3. The number of hydrogen-bond donors (Lipinski definition) is 0. The first-order chi connectivity index (χ1) is 8.24. The molecule has 0 saturated carbocycles. The number of Topliss-reactive ketones (excluding diaryl/α,β-unsaturated/α-hetero) is 1. The molecule has 17 heavy (non-hydrogen) atoms. The highest BCUT2D eigenvalue weighted by Crippen LogP contribution is 2.31. The molecule has 0 aliphatic heterocycles. The normalized spacial score (nSPS) is 14.9. The first kappa shape index (κ1) is 11.0. The van der Waals surface area contributed by atoms with Gasteiger partial charge in [-0.2, -0.15) is 0 Å². The molecule has 1 aliphatic rings. The van der Waals surface area contributed by atoms with Crippen LogP contribution in [0.3, 0.4) is 0 Å². The summed E-state index contributed by atoms with van der Waals surface area (Å²) in [6.45, 7) is 0. The molecule has 0 saturated heterocycles. The molecule has 2 aromatic rings. The summed E-state index contributed by atoms with van der Waals surface area (Å²) in [5.41, 5.74) is 2.63. The number of halogens is 1. The van der Waals surface area contributed by atoms with Crippen molar-refractivity contribution in [1.82, 2.24) is 0 Å². The van der Waals surface area contributed by atoms with Gasteiger partial charge in [0.15, 0.2) is 5.78 Å². The van der Waals surface area contributed by atoms with Crippen LogP contribution in [0.2, 0.25) is 4.34 Å². The second kappa shape index (κ2) is 4.28. The fourth-order valence-corrected chi connectivity index (χ4v) is 3.45. The topological polar surface area (TPSA) is 17.1 Å². The van der Waals surface area contributed by atoms with E-state index in [2.05, 4.69) is 12.1 Å². The first-order valence-electron chi connectivity index (χ1n) is 5.60. The molecule has 0 spiro atoms. The second-order valence-corrected chi connectivity index (χ2v) is 6.06. The smallest absolute Gasteiger partial charge is 0.176 e. The predicted molar refractivity (Wildman–Crippen MR) is 71.0 cm³/mol. The van der Waals surface area contributed by atoms with Crippen molar-refractivity contribution < 1.29 is 4.79 Å².